The highest BCUT2D eigenvalue weighted by Gasteiger charge is 2.12. The van der Waals surface area contributed by atoms with Gasteiger partial charge in [-0.2, -0.15) is 10.1 Å². The Labute approximate surface area is 164 Å². The van der Waals surface area contributed by atoms with Gasteiger partial charge in [0.1, 0.15) is 5.75 Å². The highest BCUT2D eigenvalue weighted by molar-refractivity contribution is 6.30. The fraction of sp³-hybridized carbons (Fsp3) is 0.0556. The lowest BCUT2D eigenvalue weighted by Gasteiger charge is -2.09. The molecule has 2 aromatic heterocycles. The van der Waals surface area contributed by atoms with E-state index in [0.29, 0.717) is 28.8 Å². The van der Waals surface area contributed by atoms with Gasteiger partial charge in [-0.05, 0) is 34.1 Å². The molecule has 2 heterocycles. The maximum absolute atomic E-state index is 9.86. The largest absolute Gasteiger partial charge is 0.507 e. The van der Waals surface area contributed by atoms with Crippen LogP contribution < -0.4 is 10.7 Å². The minimum atomic E-state index is 0.0552. The molecule has 0 radical (unpaired) electrons. The Morgan fingerprint density at radius 3 is 2.57 bits per heavy atom. The fourth-order valence-electron chi connectivity index (χ4n) is 2.41. The molecule has 0 spiro atoms. The zero-order chi connectivity index (χ0) is 19.3. The van der Waals surface area contributed by atoms with Gasteiger partial charge in [0.05, 0.1) is 6.21 Å². The normalized spacial score (nSPS) is 11.2. The van der Waals surface area contributed by atoms with Gasteiger partial charge < -0.3 is 10.4 Å². The summed E-state index contributed by atoms with van der Waals surface area (Å²) in [5, 5.41) is 25.0. The number of benzene rings is 2. The monoisotopic (exact) mass is 395 g/mol. The predicted octanol–water partition coefficient (Wildman–Crippen LogP) is 3.43. The van der Waals surface area contributed by atoms with E-state index in [4.69, 9.17) is 11.6 Å². The molecule has 10 heteroatoms. The molecule has 0 aliphatic carbocycles. The number of nitrogens with zero attached hydrogens (tertiary/aromatic N) is 5. The number of nitrogens with one attached hydrogen (secondary N) is 2. The Bertz CT molecular complexity index is 1130. The number of halogens is 1. The Morgan fingerprint density at radius 2 is 1.79 bits per heavy atom. The molecule has 0 saturated heterocycles. The third-order valence-corrected chi connectivity index (χ3v) is 4.02. The molecule has 4 rings (SSSR count). The molecule has 0 bridgehead atoms. The summed E-state index contributed by atoms with van der Waals surface area (Å²) >= 11 is 5.94. The van der Waals surface area contributed by atoms with E-state index in [-0.39, 0.29) is 17.0 Å². The number of fused-ring (bicyclic) bond motifs is 1. The number of anilines is 2. The summed E-state index contributed by atoms with van der Waals surface area (Å²) in [5.41, 5.74) is 4.84. The highest BCUT2D eigenvalue weighted by Crippen LogP contribution is 2.22. The van der Waals surface area contributed by atoms with Crippen molar-refractivity contribution in [3.05, 3.63) is 64.7 Å². The second kappa shape index (κ2) is 7.89. The number of phenols is 1. The van der Waals surface area contributed by atoms with Crippen molar-refractivity contribution in [2.75, 3.05) is 10.7 Å². The van der Waals surface area contributed by atoms with Crippen molar-refractivity contribution in [1.29, 1.82) is 0 Å². The van der Waals surface area contributed by atoms with E-state index in [0.717, 1.165) is 5.56 Å². The minimum absolute atomic E-state index is 0.0552. The van der Waals surface area contributed by atoms with Crippen LogP contribution in [-0.2, 0) is 6.54 Å². The van der Waals surface area contributed by atoms with Gasteiger partial charge in [0, 0.05) is 17.1 Å². The third-order valence-electron chi connectivity index (χ3n) is 3.78. The topological polar surface area (TPSA) is 121 Å². The summed E-state index contributed by atoms with van der Waals surface area (Å²) in [6, 6.07) is 14.5. The van der Waals surface area contributed by atoms with Crippen molar-refractivity contribution < 1.29 is 9.74 Å². The van der Waals surface area contributed by atoms with Crippen molar-refractivity contribution in [2.45, 2.75) is 6.54 Å². The molecule has 4 aromatic rings. The van der Waals surface area contributed by atoms with Crippen LogP contribution in [0, 0.1) is 0 Å². The van der Waals surface area contributed by atoms with Crippen LogP contribution in [0.5, 0.6) is 5.75 Å². The first-order valence-corrected chi connectivity index (χ1v) is 8.62. The van der Waals surface area contributed by atoms with Crippen LogP contribution in [0.2, 0.25) is 5.02 Å². The summed E-state index contributed by atoms with van der Waals surface area (Å²) in [7, 11) is 0. The zero-order valence-electron chi connectivity index (χ0n) is 14.4. The molecule has 140 valence electrons. The summed E-state index contributed by atoms with van der Waals surface area (Å²) in [6.07, 6.45) is 1.43. The van der Waals surface area contributed by atoms with Gasteiger partial charge in [-0.1, -0.05) is 41.9 Å². The van der Waals surface area contributed by atoms with E-state index in [1.54, 1.807) is 12.1 Å². The van der Waals surface area contributed by atoms with Gasteiger partial charge in [0.15, 0.2) is 11.6 Å². The summed E-state index contributed by atoms with van der Waals surface area (Å²) in [5.74, 6) is 0.816. The molecule has 0 aliphatic rings. The number of rotatable bonds is 6. The smallest absolute Gasteiger partial charge is 0.245 e. The molecule has 0 aliphatic heterocycles. The lowest BCUT2D eigenvalue weighted by Crippen LogP contribution is -2.07. The molecular formula is C18H14ClN7O2. The van der Waals surface area contributed by atoms with E-state index in [1.807, 2.05) is 30.3 Å². The van der Waals surface area contributed by atoms with Crippen LogP contribution in [0.25, 0.3) is 11.3 Å². The SMILES string of the molecule is Oc1ccc(Cl)cc1/C=N/Nc1nc2nonc2nc1NCc1ccccc1. The average Bonchev–Trinajstić information content (AvgIpc) is 3.17. The minimum Gasteiger partial charge on any atom is -0.507 e. The number of hydrogen-bond acceptors (Lipinski definition) is 9. The van der Waals surface area contributed by atoms with Crippen molar-refractivity contribution in [1.82, 2.24) is 20.3 Å². The van der Waals surface area contributed by atoms with Crippen LogP contribution in [-0.4, -0.2) is 31.6 Å². The quantitative estimate of drug-likeness (QED) is 0.335. The summed E-state index contributed by atoms with van der Waals surface area (Å²) < 4.78 is 4.67. The molecule has 3 N–H and O–H groups in total. The summed E-state index contributed by atoms with van der Waals surface area (Å²) in [4.78, 5) is 8.67. The lowest BCUT2D eigenvalue weighted by molar-refractivity contribution is 0.314. The van der Waals surface area contributed by atoms with Gasteiger partial charge >= 0.3 is 0 Å². The molecule has 0 fully saturated rings. The summed E-state index contributed by atoms with van der Waals surface area (Å²) in [6.45, 7) is 0.528. The second-order valence-electron chi connectivity index (χ2n) is 5.74. The zero-order valence-corrected chi connectivity index (χ0v) is 15.1. The molecule has 2 aromatic carbocycles. The molecule has 28 heavy (non-hydrogen) atoms. The Hall–Kier alpha value is -3.72. The maximum Gasteiger partial charge on any atom is 0.245 e. The van der Waals surface area contributed by atoms with Gasteiger partial charge in [-0.3, -0.25) is 5.43 Å². The van der Waals surface area contributed by atoms with E-state index < -0.39 is 0 Å². The number of phenolic OH excluding ortho intramolecular Hbond substituents is 1. The number of hydrazone groups is 1. The molecule has 0 unspecified atom stereocenters. The predicted molar refractivity (Wildman–Crippen MR) is 105 cm³/mol. The van der Waals surface area contributed by atoms with Gasteiger partial charge in [-0.25, -0.2) is 9.61 Å². The van der Waals surface area contributed by atoms with Crippen molar-refractivity contribution in [2.24, 2.45) is 5.10 Å². The molecule has 0 atom stereocenters. The first kappa shape index (κ1) is 17.7. The first-order valence-electron chi connectivity index (χ1n) is 8.25. The van der Waals surface area contributed by atoms with Gasteiger partial charge in [0.25, 0.3) is 0 Å². The Kier molecular flexibility index (Phi) is 4.98. The Morgan fingerprint density at radius 1 is 1.04 bits per heavy atom. The Balaban J connectivity index is 1.57. The maximum atomic E-state index is 9.86. The number of aromatic hydroxyl groups is 1. The van der Waals surface area contributed by atoms with Crippen LogP contribution in [0.4, 0.5) is 11.6 Å². The van der Waals surface area contributed by atoms with Crippen molar-refractivity contribution in [3.63, 3.8) is 0 Å². The van der Waals surface area contributed by atoms with Crippen LogP contribution in [0.1, 0.15) is 11.1 Å². The fourth-order valence-corrected chi connectivity index (χ4v) is 2.59. The van der Waals surface area contributed by atoms with Crippen molar-refractivity contribution in [3.8, 4) is 5.75 Å². The van der Waals surface area contributed by atoms with Gasteiger partial charge in [-0.15, -0.1) is 0 Å². The van der Waals surface area contributed by atoms with Crippen LogP contribution >= 0.6 is 11.6 Å². The molecule has 0 saturated carbocycles. The average molecular weight is 396 g/mol. The standard InChI is InChI=1S/C18H14ClN7O2/c19-13-6-7-14(27)12(8-13)10-21-24-16-15(20-9-11-4-2-1-3-5-11)22-17-18(23-16)26-28-25-17/h1-8,10,27H,9H2,(H,20,22,25)(H,23,24,26)/b21-10+. The molecular weight excluding hydrogens is 382 g/mol. The highest BCUT2D eigenvalue weighted by atomic mass is 35.5. The van der Waals surface area contributed by atoms with Crippen molar-refractivity contribution >= 4 is 40.7 Å². The van der Waals surface area contributed by atoms with Crippen LogP contribution in [0.3, 0.4) is 0 Å². The number of hydrogen-bond donors (Lipinski definition) is 3. The van der Waals surface area contributed by atoms with E-state index >= 15 is 0 Å². The van der Waals surface area contributed by atoms with E-state index in [2.05, 4.69) is 40.8 Å². The second-order valence-corrected chi connectivity index (χ2v) is 6.18. The first-order chi connectivity index (χ1) is 13.7. The number of aromatic nitrogens is 4. The lowest BCUT2D eigenvalue weighted by atomic mass is 10.2. The van der Waals surface area contributed by atoms with E-state index in [9.17, 15) is 5.11 Å². The molecule has 0 amide bonds. The van der Waals surface area contributed by atoms with E-state index in [1.165, 1.54) is 12.3 Å². The van der Waals surface area contributed by atoms with Gasteiger partial charge in [0.2, 0.25) is 11.3 Å². The third kappa shape index (κ3) is 3.99. The molecule has 9 nitrogen and oxygen atoms in total. The van der Waals surface area contributed by atoms with Crippen LogP contribution in [0.15, 0.2) is 58.3 Å².